The van der Waals surface area contributed by atoms with Gasteiger partial charge in [0.1, 0.15) is 0 Å². The molecule has 0 radical (unpaired) electrons. The number of hydrogen-bond donors (Lipinski definition) is 0. The third-order valence-corrected chi connectivity index (χ3v) is 5.56. The largest absolute Gasteiger partial charge is 0.341 e. The summed E-state index contributed by atoms with van der Waals surface area (Å²) < 4.78 is 1.50. The normalized spacial score (nSPS) is 10.9. The van der Waals surface area contributed by atoms with Crippen molar-refractivity contribution >= 4 is 28.6 Å². The van der Waals surface area contributed by atoms with Crippen molar-refractivity contribution in [2.24, 2.45) is 7.05 Å². The highest BCUT2D eigenvalue weighted by Crippen LogP contribution is 2.17. The summed E-state index contributed by atoms with van der Waals surface area (Å²) in [7, 11) is 3.48. The summed E-state index contributed by atoms with van der Waals surface area (Å²) in [5.41, 5.74) is 2.94. The molecule has 0 saturated heterocycles. The number of aryl methyl sites for hydroxylation is 1. The van der Waals surface area contributed by atoms with Crippen LogP contribution < -0.4 is 5.56 Å². The molecule has 3 rings (SSSR count). The second kappa shape index (κ2) is 8.39. The maximum absolute atomic E-state index is 12.5. The van der Waals surface area contributed by atoms with E-state index in [1.807, 2.05) is 18.2 Å². The number of thioether (sulfide) groups is 1. The van der Waals surface area contributed by atoms with Gasteiger partial charge in [0.2, 0.25) is 5.91 Å². The number of amides is 1. The highest BCUT2D eigenvalue weighted by atomic mass is 32.2. The number of nitrogens with zero attached hydrogens (tertiary/aromatic N) is 3. The van der Waals surface area contributed by atoms with Gasteiger partial charge in [-0.25, -0.2) is 4.98 Å². The third-order valence-electron chi connectivity index (χ3n) is 4.54. The van der Waals surface area contributed by atoms with Crippen molar-refractivity contribution in [1.82, 2.24) is 14.5 Å². The molecular formula is C21H23N3O2S. The Hall–Kier alpha value is -2.60. The van der Waals surface area contributed by atoms with Gasteiger partial charge in [0.25, 0.3) is 5.56 Å². The van der Waals surface area contributed by atoms with E-state index in [4.69, 9.17) is 0 Å². The van der Waals surface area contributed by atoms with Crippen LogP contribution >= 0.6 is 11.8 Å². The average molecular weight is 382 g/mol. The number of benzene rings is 2. The summed E-state index contributed by atoms with van der Waals surface area (Å²) in [6, 6.07) is 15.6. The fraction of sp³-hybridized carbons (Fsp3) is 0.286. The molecule has 3 aromatic rings. The molecule has 27 heavy (non-hydrogen) atoms. The van der Waals surface area contributed by atoms with Gasteiger partial charge in [0.05, 0.1) is 16.7 Å². The zero-order valence-electron chi connectivity index (χ0n) is 15.8. The number of hydrogen-bond acceptors (Lipinski definition) is 4. The minimum absolute atomic E-state index is 0.00183. The molecule has 1 aromatic heterocycles. The van der Waals surface area contributed by atoms with E-state index in [2.05, 4.69) is 36.2 Å². The summed E-state index contributed by atoms with van der Waals surface area (Å²) in [5, 5.41) is 1.14. The lowest BCUT2D eigenvalue weighted by Crippen LogP contribution is -2.28. The Labute approximate surface area is 163 Å². The SMILES string of the molecule is CCc1ccc(CN(C)C(=O)CSc2nc3ccccc3c(=O)n2C)cc1. The lowest BCUT2D eigenvalue weighted by atomic mass is 10.1. The first-order valence-electron chi connectivity index (χ1n) is 8.90. The molecular weight excluding hydrogens is 358 g/mol. The van der Waals surface area contributed by atoms with Gasteiger partial charge in [-0.05, 0) is 29.7 Å². The third kappa shape index (κ3) is 4.39. The Kier molecular flexibility index (Phi) is 5.96. The van der Waals surface area contributed by atoms with Crippen LogP contribution in [0.1, 0.15) is 18.1 Å². The van der Waals surface area contributed by atoms with Crippen molar-refractivity contribution in [3.8, 4) is 0 Å². The maximum atomic E-state index is 12.5. The van der Waals surface area contributed by atoms with E-state index >= 15 is 0 Å². The molecule has 0 aliphatic carbocycles. The number of carbonyl (C=O) groups excluding carboxylic acids is 1. The molecule has 5 nitrogen and oxygen atoms in total. The molecule has 0 saturated carbocycles. The Bertz CT molecular complexity index is 1010. The first-order valence-corrected chi connectivity index (χ1v) is 9.88. The number of rotatable bonds is 6. The standard InChI is InChI=1S/C21H23N3O2S/c1-4-15-9-11-16(12-10-15)13-23(2)19(25)14-27-21-22-18-8-6-5-7-17(18)20(26)24(21)3/h5-12H,4,13-14H2,1-3H3. The van der Waals surface area contributed by atoms with Crippen LogP contribution in [-0.2, 0) is 24.8 Å². The van der Waals surface area contributed by atoms with E-state index in [1.54, 1.807) is 25.1 Å². The van der Waals surface area contributed by atoms with Crippen molar-refractivity contribution in [1.29, 1.82) is 0 Å². The Balaban J connectivity index is 1.67. The second-order valence-corrected chi connectivity index (χ2v) is 7.43. The number of carbonyl (C=O) groups is 1. The lowest BCUT2D eigenvalue weighted by Gasteiger charge is -2.17. The van der Waals surface area contributed by atoms with Crippen LogP contribution in [0.2, 0.25) is 0 Å². The van der Waals surface area contributed by atoms with Crippen molar-refractivity contribution in [2.75, 3.05) is 12.8 Å². The molecule has 0 aliphatic rings. The fourth-order valence-electron chi connectivity index (χ4n) is 2.81. The maximum Gasteiger partial charge on any atom is 0.261 e. The topological polar surface area (TPSA) is 55.2 Å². The van der Waals surface area contributed by atoms with Crippen molar-refractivity contribution in [3.63, 3.8) is 0 Å². The van der Waals surface area contributed by atoms with Crippen LogP contribution in [0, 0.1) is 0 Å². The molecule has 0 fully saturated rings. The number of fused-ring (bicyclic) bond motifs is 1. The van der Waals surface area contributed by atoms with Gasteiger partial charge in [-0.2, -0.15) is 0 Å². The molecule has 0 bridgehead atoms. The second-order valence-electron chi connectivity index (χ2n) is 6.48. The average Bonchev–Trinajstić information content (AvgIpc) is 2.70. The molecule has 140 valence electrons. The molecule has 0 unspecified atom stereocenters. The van der Waals surface area contributed by atoms with E-state index in [-0.39, 0.29) is 17.2 Å². The predicted molar refractivity (Wildman–Crippen MR) is 110 cm³/mol. The Morgan fingerprint density at radius 3 is 2.48 bits per heavy atom. The van der Waals surface area contributed by atoms with Crippen molar-refractivity contribution in [3.05, 3.63) is 70.0 Å². The number of para-hydroxylation sites is 1. The van der Waals surface area contributed by atoms with E-state index in [0.29, 0.717) is 22.6 Å². The van der Waals surface area contributed by atoms with Crippen molar-refractivity contribution < 1.29 is 4.79 Å². The quantitative estimate of drug-likeness (QED) is 0.486. The van der Waals surface area contributed by atoms with Gasteiger partial charge >= 0.3 is 0 Å². The van der Waals surface area contributed by atoms with E-state index in [9.17, 15) is 9.59 Å². The molecule has 6 heteroatoms. The Morgan fingerprint density at radius 2 is 1.78 bits per heavy atom. The van der Waals surface area contributed by atoms with Gasteiger partial charge in [0.15, 0.2) is 5.16 Å². The summed E-state index contributed by atoms with van der Waals surface area (Å²) in [6.45, 7) is 2.68. The van der Waals surface area contributed by atoms with Crippen LogP contribution in [0.15, 0.2) is 58.5 Å². The highest BCUT2D eigenvalue weighted by Gasteiger charge is 2.13. The van der Waals surface area contributed by atoms with Gasteiger partial charge < -0.3 is 4.90 Å². The first kappa shape index (κ1) is 19.2. The van der Waals surface area contributed by atoms with Crippen LogP contribution in [-0.4, -0.2) is 33.2 Å². The molecule has 1 amide bonds. The zero-order chi connectivity index (χ0) is 19.4. The first-order chi connectivity index (χ1) is 13.0. The van der Waals surface area contributed by atoms with Crippen LogP contribution in [0.25, 0.3) is 10.9 Å². The fourth-order valence-corrected chi connectivity index (χ4v) is 3.72. The summed E-state index contributed by atoms with van der Waals surface area (Å²) in [6.07, 6.45) is 1.00. The molecule has 1 heterocycles. The number of aromatic nitrogens is 2. The summed E-state index contributed by atoms with van der Waals surface area (Å²) in [4.78, 5) is 31.2. The van der Waals surface area contributed by atoms with Gasteiger partial charge in [-0.1, -0.05) is 55.1 Å². The summed E-state index contributed by atoms with van der Waals surface area (Å²) >= 11 is 1.29. The molecule has 0 aliphatic heterocycles. The van der Waals surface area contributed by atoms with Gasteiger partial charge in [-0.15, -0.1) is 0 Å². The van der Waals surface area contributed by atoms with E-state index in [1.165, 1.54) is 21.9 Å². The zero-order valence-corrected chi connectivity index (χ0v) is 16.6. The van der Waals surface area contributed by atoms with E-state index < -0.39 is 0 Å². The summed E-state index contributed by atoms with van der Waals surface area (Å²) in [5.74, 6) is 0.240. The molecule has 0 spiro atoms. The molecule has 2 aromatic carbocycles. The molecule has 0 N–H and O–H groups in total. The van der Waals surface area contributed by atoms with Crippen LogP contribution in [0.4, 0.5) is 0 Å². The lowest BCUT2D eigenvalue weighted by molar-refractivity contribution is -0.127. The van der Waals surface area contributed by atoms with Crippen LogP contribution in [0.5, 0.6) is 0 Å². The minimum Gasteiger partial charge on any atom is -0.341 e. The van der Waals surface area contributed by atoms with Crippen LogP contribution in [0.3, 0.4) is 0 Å². The smallest absolute Gasteiger partial charge is 0.261 e. The predicted octanol–water partition coefficient (Wildman–Crippen LogP) is 3.25. The Morgan fingerprint density at radius 1 is 1.11 bits per heavy atom. The van der Waals surface area contributed by atoms with Gasteiger partial charge in [-0.3, -0.25) is 14.2 Å². The van der Waals surface area contributed by atoms with E-state index in [0.717, 1.165) is 12.0 Å². The highest BCUT2D eigenvalue weighted by molar-refractivity contribution is 7.99. The van der Waals surface area contributed by atoms with Crippen molar-refractivity contribution in [2.45, 2.75) is 25.0 Å². The monoisotopic (exact) mass is 381 g/mol. The molecule has 0 atom stereocenters. The minimum atomic E-state index is -0.0973. The van der Waals surface area contributed by atoms with Gasteiger partial charge in [0, 0.05) is 20.6 Å².